The van der Waals surface area contributed by atoms with Crippen molar-refractivity contribution < 1.29 is 4.79 Å². The van der Waals surface area contributed by atoms with E-state index in [9.17, 15) is 4.79 Å². The molecule has 2 aromatic rings. The highest BCUT2D eigenvalue weighted by Crippen LogP contribution is 2.18. The fraction of sp³-hybridized carbons (Fsp3) is 0.438. The third-order valence-electron chi connectivity index (χ3n) is 4.22. The topological polar surface area (TPSA) is 51.3 Å². The molecule has 0 bridgehead atoms. The minimum absolute atomic E-state index is 0.0450. The molecule has 1 aromatic carbocycles. The minimum atomic E-state index is -0.172. The maximum absolute atomic E-state index is 11.4. The number of hydrogen-bond donors (Lipinski definition) is 1. The molecular formula is C16H21N3O. The zero-order valence-electron chi connectivity index (χ0n) is 11.7. The van der Waals surface area contributed by atoms with Crippen LogP contribution in [0.4, 0.5) is 0 Å². The molecule has 0 saturated carbocycles. The second kappa shape index (κ2) is 5.67. The zero-order valence-corrected chi connectivity index (χ0v) is 11.7. The highest BCUT2D eigenvalue weighted by Gasteiger charge is 2.28. The van der Waals surface area contributed by atoms with E-state index in [0.29, 0.717) is 0 Å². The highest BCUT2D eigenvalue weighted by atomic mass is 16.1. The minimum Gasteiger partial charge on any atom is -0.368 e. The molecule has 1 unspecified atom stereocenters. The van der Waals surface area contributed by atoms with E-state index in [0.717, 1.165) is 38.9 Å². The second-order valence-corrected chi connectivity index (χ2v) is 5.52. The molecule has 1 amide bonds. The lowest BCUT2D eigenvalue weighted by atomic mass is 10.2. The molecule has 3 rings (SSSR count). The molecule has 106 valence electrons. The summed E-state index contributed by atoms with van der Waals surface area (Å²) >= 11 is 0. The molecule has 0 aliphatic carbocycles. The van der Waals surface area contributed by atoms with Gasteiger partial charge in [-0.1, -0.05) is 18.2 Å². The van der Waals surface area contributed by atoms with Gasteiger partial charge in [0.25, 0.3) is 0 Å². The average molecular weight is 271 g/mol. The van der Waals surface area contributed by atoms with Gasteiger partial charge in [0.1, 0.15) is 0 Å². The van der Waals surface area contributed by atoms with Crippen LogP contribution in [0.2, 0.25) is 0 Å². The van der Waals surface area contributed by atoms with Crippen LogP contribution in [0, 0.1) is 0 Å². The fourth-order valence-corrected chi connectivity index (χ4v) is 3.20. The predicted octanol–water partition coefficient (Wildman–Crippen LogP) is 1.98. The number of carbonyl (C=O) groups is 1. The van der Waals surface area contributed by atoms with Crippen LogP contribution in [-0.2, 0) is 11.3 Å². The maximum Gasteiger partial charge on any atom is 0.234 e. The molecule has 0 spiro atoms. The Balaban J connectivity index is 1.59. The quantitative estimate of drug-likeness (QED) is 0.904. The summed E-state index contributed by atoms with van der Waals surface area (Å²) in [4.78, 5) is 13.6. The monoisotopic (exact) mass is 271 g/mol. The number of aryl methyl sites for hydroxylation is 1. The Morgan fingerprint density at radius 3 is 2.95 bits per heavy atom. The van der Waals surface area contributed by atoms with Gasteiger partial charge < -0.3 is 10.3 Å². The van der Waals surface area contributed by atoms with Gasteiger partial charge in [0, 0.05) is 24.8 Å². The molecule has 4 heteroatoms. The summed E-state index contributed by atoms with van der Waals surface area (Å²) < 4.78 is 2.28. The number of primary amides is 1. The van der Waals surface area contributed by atoms with Crippen molar-refractivity contribution in [1.29, 1.82) is 0 Å². The molecule has 2 N–H and O–H groups in total. The Morgan fingerprint density at radius 2 is 2.10 bits per heavy atom. The SMILES string of the molecule is NC(=O)C1CCCN1CCCn1ccc2ccccc21. The van der Waals surface area contributed by atoms with Crippen molar-refractivity contribution in [1.82, 2.24) is 9.47 Å². The normalized spacial score (nSPS) is 19.7. The lowest BCUT2D eigenvalue weighted by Crippen LogP contribution is -2.40. The molecule has 1 saturated heterocycles. The summed E-state index contributed by atoms with van der Waals surface area (Å²) in [5.41, 5.74) is 6.72. The Hall–Kier alpha value is -1.81. The number of aromatic nitrogens is 1. The Bertz CT molecular complexity index is 605. The molecule has 1 fully saturated rings. The average Bonchev–Trinajstić information content (AvgIpc) is 3.06. The number of fused-ring (bicyclic) bond motifs is 1. The number of carbonyl (C=O) groups excluding carboxylic acids is 1. The molecule has 1 aromatic heterocycles. The smallest absolute Gasteiger partial charge is 0.234 e. The van der Waals surface area contributed by atoms with E-state index in [1.165, 1.54) is 10.9 Å². The predicted molar refractivity (Wildman–Crippen MR) is 80.3 cm³/mol. The van der Waals surface area contributed by atoms with Crippen LogP contribution in [0.1, 0.15) is 19.3 Å². The van der Waals surface area contributed by atoms with Gasteiger partial charge in [0.2, 0.25) is 5.91 Å². The standard InChI is InChI=1S/C16H21N3O/c17-16(20)15-7-3-9-18(15)10-4-11-19-12-8-13-5-1-2-6-14(13)19/h1-2,5-6,8,12,15H,3-4,7,9-11H2,(H2,17,20). The zero-order chi connectivity index (χ0) is 13.9. The number of amides is 1. The van der Waals surface area contributed by atoms with E-state index in [4.69, 9.17) is 5.73 Å². The van der Waals surface area contributed by atoms with E-state index < -0.39 is 0 Å². The summed E-state index contributed by atoms with van der Waals surface area (Å²) in [6.45, 7) is 2.93. The highest BCUT2D eigenvalue weighted by molar-refractivity contribution is 5.80. The van der Waals surface area contributed by atoms with Crippen molar-refractivity contribution in [3.8, 4) is 0 Å². The van der Waals surface area contributed by atoms with E-state index in [-0.39, 0.29) is 11.9 Å². The fourth-order valence-electron chi connectivity index (χ4n) is 3.20. The molecule has 1 aliphatic heterocycles. The van der Waals surface area contributed by atoms with Gasteiger partial charge in [-0.25, -0.2) is 0 Å². The third-order valence-corrected chi connectivity index (χ3v) is 4.22. The number of hydrogen-bond acceptors (Lipinski definition) is 2. The van der Waals surface area contributed by atoms with Crippen LogP contribution < -0.4 is 5.73 Å². The van der Waals surface area contributed by atoms with Gasteiger partial charge in [0.05, 0.1) is 6.04 Å². The first-order chi connectivity index (χ1) is 9.75. The van der Waals surface area contributed by atoms with Gasteiger partial charge in [-0.15, -0.1) is 0 Å². The summed E-state index contributed by atoms with van der Waals surface area (Å²) in [5, 5.41) is 1.28. The van der Waals surface area contributed by atoms with E-state index >= 15 is 0 Å². The lowest BCUT2D eigenvalue weighted by Gasteiger charge is -2.21. The lowest BCUT2D eigenvalue weighted by molar-refractivity contribution is -0.122. The van der Waals surface area contributed by atoms with Crippen molar-refractivity contribution in [2.75, 3.05) is 13.1 Å². The van der Waals surface area contributed by atoms with Gasteiger partial charge in [-0.2, -0.15) is 0 Å². The van der Waals surface area contributed by atoms with E-state index in [2.05, 4.69) is 46.0 Å². The van der Waals surface area contributed by atoms with Crippen molar-refractivity contribution >= 4 is 16.8 Å². The van der Waals surface area contributed by atoms with Crippen LogP contribution >= 0.6 is 0 Å². The largest absolute Gasteiger partial charge is 0.368 e. The molecule has 1 atom stereocenters. The number of likely N-dealkylation sites (tertiary alicyclic amines) is 1. The molecule has 2 heterocycles. The number of benzene rings is 1. The molecule has 4 nitrogen and oxygen atoms in total. The van der Waals surface area contributed by atoms with Crippen molar-refractivity contribution in [3.05, 3.63) is 36.5 Å². The third kappa shape index (κ3) is 2.56. The number of rotatable bonds is 5. The van der Waals surface area contributed by atoms with Gasteiger partial charge >= 0.3 is 0 Å². The van der Waals surface area contributed by atoms with Crippen LogP contribution in [0.15, 0.2) is 36.5 Å². The Labute approximate surface area is 119 Å². The summed E-state index contributed by atoms with van der Waals surface area (Å²) in [6, 6.07) is 10.5. The van der Waals surface area contributed by atoms with Crippen molar-refractivity contribution in [2.24, 2.45) is 5.73 Å². The second-order valence-electron chi connectivity index (χ2n) is 5.52. The first kappa shape index (κ1) is 13.2. The maximum atomic E-state index is 11.4. The molecule has 20 heavy (non-hydrogen) atoms. The van der Waals surface area contributed by atoms with Crippen LogP contribution in [0.3, 0.4) is 0 Å². The summed E-state index contributed by atoms with van der Waals surface area (Å²) in [5.74, 6) is -0.172. The number of nitrogens with two attached hydrogens (primary N) is 1. The number of nitrogens with zero attached hydrogens (tertiary/aromatic N) is 2. The summed E-state index contributed by atoms with van der Waals surface area (Å²) in [7, 11) is 0. The molecular weight excluding hydrogens is 250 g/mol. The Kier molecular flexibility index (Phi) is 3.74. The van der Waals surface area contributed by atoms with Gasteiger partial charge in [-0.05, 0) is 43.3 Å². The van der Waals surface area contributed by atoms with Gasteiger partial charge in [-0.3, -0.25) is 9.69 Å². The van der Waals surface area contributed by atoms with Crippen LogP contribution in [0.25, 0.3) is 10.9 Å². The first-order valence-corrected chi connectivity index (χ1v) is 7.33. The van der Waals surface area contributed by atoms with Crippen molar-refractivity contribution in [3.63, 3.8) is 0 Å². The molecule has 1 aliphatic rings. The van der Waals surface area contributed by atoms with E-state index in [1.54, 1.807) is 0 Å². The van der Waals surface area contributed by atoms with Crippen LogP contribution in [-0.4, -0.2) is 34.5 Å². The summed E-state index contributed by atoms with van der Waals surface area (Å²) in [6.07, 6.45) is 5.19. The Morgan fingerprint density at radius 1 is 1.25 bits per heavy atom. The first-order valence-electron chi connectivity index (χ1n) is 7.33. The molecule has 0 radical (unpaired) electrons. The van der Waals surface area contributed by atoms with E-state index in [1.807, 2.05) is 0 Å². The van der Waals surface area contributed by atoms with Crippen LogP contribution in [0.5, 0.6) is 0 Å². The van der Waals surface area contributed by atoms with Crippen molar-refractivity contribution in [2.45, 2.75) is 31.8 Å². The van der Waals surface area contributed by atoms with Gasteiger partial charge in [0.15, 0.2) is 0 Å². The number of para-hydroxylation sites is 1.